The zero-order valence-electron chi connectivity index (χ0n) is 20.4. The van der Waals surface area contributed by atoms with Crippen molar-refractivity contribution in [1.82, 2.24) is 19.4 Å². The summed E-state index contributed by atoms with van der Waals surface area (Å²) in [7, 11) is 0. The number of benzene rings is 2. The average Bonchev–Trinajstić information content (AvgIpc) is 3.31. The van der Waals surface area contributed by atoms with Crippen molar-refractivity contribution in [1.29, 1.82) is 0 Å². The zero-order chi connectivity index (χ0) is 25.7. The van der Waals surface area contributed by atoms with Crippen molar-refractivity contribution in [2.24, 2.45) is 0 Å². The van der Waals surface area contributed by atoms with Gasteiger partial charge in [0.05, 0.1) is 11.6 Å². The minimum absolute atomic E-state index is 0.107. The van der Waals surface area contributed by atoms with Gasteiger partial charge in [-0.05, 0) is 44.5 Å². The van der Waals surface area contributed by atoms with E-state index >= 15 is 0 Å². The quantitative estimate of drug-likeness (QED) is 0.320. The second-order valence-electron chi connectivity index (χ2n) is 8.77. The predicted octanol–water partition coefficient (Wildman–Crippen LogP) is 5.57. The Balaban J connectivity index is 1.56. The molecule has 0 aliphatic rings. The van der Waals surface area contributed by atoms with E-state index in [1.54, 1.807) is 30.2 Å². The van der Waals surface area contributed by atoms with Crippen LogP contribution >= 0.6 is 11.6 Å². The van der Waals surface area contributed by atoms with Crippen molar-refractivity contribution in [3.05, 3.63) is 95.9 Å². The Morgan fingerprint density at radius 3 is 2.25 bits per heavy atom. The van der Waals surface area contributed by atoms with E-state index in [0.29, 0.717) is 11.1 Å². The lowest BCUT2D eigenvalue weighted by atomic mass is 10.0. The number of rotatable bonds is 8. The Labute approximate surface area is 215 Å². The minimum atomic E-state index is -0.471. The Morgan fingerprint density at radius 1 is 0.972 bits per heavy atom. The van der Waals surface area contributed by atoms with E-state index in [0.717, 1.165) is 22.5 Å². The molecular formula is C28H28ClN5O2. The SMILES string of the molecule is CC(C(=O)N(CC(=O)Nc1nc(-c2ccccc2)cn1-c1ccccc1)C(C)C)c1ccc(Cl)nc1. The number of imidazole rings is 1. The molecule has 0 radical (unpaired) electrons. The number of carbonyl (C=O) groups is 2. The number of nitrogens with zero attached hydrogens (tertiary/aromatic N) is 4. The molecule has 36 heavy (non-hydrogen) atoms. The highest BCUT2D eigenvalue weighted by molar-refractivity contribution is 6.29. The number of halogens is 1. The molecule has 2 amide bonds. The van der Waals surface area contributed by atoms with Crippen LogP contribution in [0.2, 0.25) is 5.15 Å². The summed E-state index contributed by atoms with van der Waals surface area (Å²) in [6.45, 7) is 5.46. The molecule has 1 atom stereocenters. The molecule has 0 aliphatic heterocycles. The fraction of sp³-hybridized carbons (Fsp3) is 0.214. The lowest BCUT2D eigenvalue weighted by molar-refractivity contribution is -0.137. The summed E-state index contributed by atoms with van der Waals surface area (Å²) < 4.78 is 1.84. The van der Waals surface area contributed by atoms with Crippen LogP contribution in [0.15, 0.2) is 85.2 Å². The maximum Gasteiger partial charge on any atom is 0.246 e. The molecule has 2 aromatic heterocycles. The van der Waals surface area contributed by atoms with Gasteiger partial charge in [-0.25, -0.2) is 9.97 Å². The summed E-state index contributed by atoms with van der Waals surface area (Å²) in [4.78, 5) is 36.8. The Morgan fingerprint density at radius 2 is 1.64 bits per heavy atom. The van der Waals surface area contributed by atoms with Crippen LogP contribution in [0.5, 0.6) is 0 Å². The first kappa shape index (κ1) is 25.1. The molecule has 0 fully saturated rings. The molecule has 0 spiro atoms. The number of nitrogens with one attached hydrogen (secondary N) is 1. The van der Waals surface area contributed by atoms with Crippen molar-refractivity contribution in [3.63, 3.8) is 0 Å². The second kappa shape index (κ2) is 11.2. The van der Waals surface area contributed by atoms with Gasteiger partial charge in [0, 0.05) is 29.7 Å². The van der Waals surface area contributed by atoms with E-state index in [1.807, 2.05) is 85.3 Å². The molecule has 1 N–H and O–H groups in total. The summed E-state index contributed by atoms with van der Waals surface area (Å²) in [6.07, 6.45) is 3.48. The smallest absolute Gasteiger partial charge is 0.246 e. The highest BCUT2D eigenvalue weighted by Crippen LogP contribution is 2.25. The topological polar surface area (TPSA) is 80.1 Å². The number of anilines is 1. The fourth-order valence-electron chi connectivity index (χ4n) is 3.87. The van der Waals surface area contributed by atoms with Gasteiger partial charge in [0.2, 0.25) is 17.8 Å². The first-order chi connectivity index (χ1) is 17.3. The van der Waals surface area contributed by atoms with Gasteiger partial charge in [-0.15, -0.1) is 0 Å². The van der Waals surface area contributed by atoms with Crippen molar-refractivity contribution < 1.29 is 9.59 Å². The van der Waals surface area contributed by atoms with Crippen molar-refractivity contribution in [2.75, 3.05) is 11.9 Å². The number of carbonyl (C=O) groups excluding carboxylic acids is 2. The maximum absolute atomic E-state index is 13.3. The Kier molecular flexibility index (Phi) is 7.80. The largest absolute Gasteiger partial charge is 0.330 e. The maximum atomic E-state index is 13.3. The molecule has 0 saturated heterocycles. The molecule has 184 valence electrons. The summed E-state index contributed by atoms with van der Waals surface area (Å²) in [5.41, 5.74) is 3.27. The third kappa shape index (κ3) is 5.80. The van der Waals surface area contributed by atoms with Crippen LogP contribution in [-0.2, 0) is 9.59 Å². The van der Waals surface area contributed by atoms with E-state index in [1.165, 1.54) is 0 Å². The monoisotopic (exact) mass is 501 g/mol. The Bertz CT molecular complexity index is 1320. The van der Waals surface area contributed by atoms with Crippen LogP contribution < -0.4 is 5.32 Å². The van der Waals surface area contributed by atoms with Gasteiger partial charge in [-0.2, -0.15) is 0 Å². The predicted molar refractivity (Wildman–Crippen MR) is 142 cm³/mol. The van der Waals surface area contributed by atoms with Crippen LogP contribution in [0, 0.1) is 0 Å². The van der Waals surface area contributed by atoms with Gasteiger partial charge >= 0.3 is 0 Å². The number of pyridine rings is 1. The molecule has 0 bridgehead atoms. The van der Waals surface area contributed by atoms with Gasteiger partial charge in [-0.1, -0.05) is 66.2 Å². The van der Waals surface area contributed by atoms with Crippen LogP contribution in [0.4, 0.5) is 5.95 Å². The third-order valence-electron chi connectivity index (χ3n) is 5.90. The van der Waals surface area contributed by atoms with Crippen molar-refractivity contribution >= 4 is 29.4 Å². The highest BCUT2D eigenvalue weighted by atomic mass is 35.5. The van der Waals surface area contributed by atoms with Gasteiger partial charge in [0.1, 0.15) is 11.7 Å². The van der Waals surface area contributed by atoms with Crippen molar-refractivity contribution in [2.45, 2.75) is 32.7 Å². The zero-order valence-corrected chi connectivity index (χ0v) is 21.2. The van der Waals surface area contributed by atoms with Gasteiger partial charge in [0.25, 0.3) is 0 Å². The molecule has 4 rings (SSSR count). The Hall–Kier alpha value is -3.97. The molecule has 0 saturated carbocycles. The minimum Gasteiger partial charge on any atom is -0.330 e. The van der Waals surface area contributed by atoms with E-state index < -0.39 is 5.92 Å². The molecule has 8 heteroatoms. The van der Waals surface area contributed by atoms with Gasteiger partial charge < -0.3 is 4.90 Å². The molecule has 1 unspecified atom stereocenters. The number of hydrogen-bond acceptors (Lipinski definition) is 4. The van der Waals surface area contributed by atoms with Crippen LogP contribution in [0.25, 0.3) is 16.9 Å². The highest BCUT2D eigenvalue weighted by Gasteiger charge is 2.27. The van der Waals surface area contributed by atoms with E-state index in [9.17, 15) is 9.59 Å². The van der Waals surface area contributed by atoms with E-state index in [2.05, 4.69) is 10.3 Å². The summed E-state index contributed by atoms with van der Waals surface area (Å²) in [5.74, 6) is -0.585. The molecule has 0 aliphatic carbocycles. The standard InChI is InChI=1S/C28H28ClN5O2/c1-19(2)33(27(36)20(3)22-14-15-25(29)30-16-22)18-26(35)32-28-31-24(21-10-6-4-7-11-21)17-34(28)23-12-8-5-9-13-23/h4-17,19-20H,18H2,1-3H3,(H,31,32,35). The summed E-state index contributed by atoms with van der Waals surface area (Å²) in [5, 5.41) is 3.28. The molecule has 2 heterocycles. The first-order valence-electron chi connectivity index (χ1n) is 11.8. The van der Waals surface area contributed by atoms with Crippen molar-refractivity contribution in [3.8, 4) is 16.9 Å². The first-order valence-corrected chi connectivity index (χ1v) is 12.1. The fourth-order valence-corrected chi connectivity index (χ4v) is 3.98. The number of para-hydroxylation sites is 1. The summed E-state index contributed by atoms with van der Waals surface area (Å²) in [6, 6.07) is 22.7. The number of aromatic nitrogens is 3. The van der Waals surface area contributed by atoms with E-state index in [-0.39, 0.29) is 24.4 Å². The van der Waals surface area contributed by atoms with Crippen LogP contribution in [0.3, 0.4) is 0 Å². The number of amides is 2. The van der Waals surface area contributed by atoms with Crippen LogP contribution in [-0.4, -0.2) is 43.8 Å². The normalized spacial score (nSPS) is 11.8. The second-order valence-corrected chi connectivity index (χ2v) is 9.15. The van der Waals surface area contributed by atoms with Crippen LogP contribution in [0.1, 0.15) is 32.3 Å². The molecule has 4 aromatic rings. The average molecular weight is 502 g/mol. The third-order valence-corrected chi connectivity index (χ3v) is 6.13. The molecular weight excluding hydrogens is 474 g/mol. The van der Waals surface area contributed by atoms with E-state index in [4.69, 9.17) is 16.6 Å². The summed E-state index contributed by atoms with van der Waals surface area (Å²) >= 11 is 5.89. The molecule has 2 aromatic carbocycles. The molecule has 7 nitrogen and oxygen atoms in total. The lowest BCUT2D eigenvalue weighted by Crippen LogP contribution is -2.44. The van der Waals surface area contributed by atoms with Gasteiger partial charge in [0.15, 0.2) is 0 Å². The number of hydrogen-bond donors (Lipinski definition) is 1. The lowest BCUT2D eigenvalue weighted by Gasteiger charge is -2.29. The van der Waals surface area contributed by atoms with Gasteiger partial charge in [-0.3, -0.25) is 19.5 Å².